The molecule has 2 N–H and O–H groups in total. The van der Waals surface area contributed by atoms with E-state index in [1.54, 1.807) is 25.1 Å². The van der Waals surface area contributed by atoms with Crippen LogP contribution < -0.4 is 5.32 Å². The second-order valence-electron chi connectivity index (χ2n) is 5.16. The molecule has 1 atom stereocenters. The van der Waals surface area contributed by atoms with E-state index in [0.29, 0.717) is 16.5 Å². The molecule has 6 heteroatoms. The number of carbonyl (C=O) groups is 2. The monoisotopic (exact) mass is 291 g/mol. The van der Waals surface area contributed by atoms with E-state index in [-0.39, 0.29) is 18.9 Å². The fourth-order valence-corrected chi connectivity index (χ4v) is 2.28. The van der Waals surface area contributed by atoms with Crippen molar-refractivity contribution in [3.8, 4) is 0 Å². The van der Waals surface area contributed by atoms with Gasteiger partial charge in [0.2, 0.25) is 0 Å². The van der Waals surface area contributed by atoms with E-state index < -0.39 is 11.5 Å². The Bertz CT molecular complexity index is 663. The first-order valence-electron chi connectivity index (χ1n) is 6.45. The minimum absolute atomic E-state index is 0.0980. The van der Waals surface area contributed by atoms with Gasteiger partial charge in [-0.1, -0.05) is 18.2 Å². The first-order chi connectivity index (χ1) is 9.95. The summed E-state index contributed by atoms with van der Waals surface area (Å²) >= 11 is 0. The molecule has 1 amide bonds. The molecule has 2 rings (SSSR count). The van der Waals surface area contributed by atoms with Gasteiger partial charge in [0.25, 0.3) is 5.91 Å². The standard InChI is InChI=1S/C15H17NO5/c1-15(9-20-2,7-13(17)18)16-14(19)11-8-21-12-6-4-3-5-10(11)12/h3-6,8H,7,9H2,1-2H3,(H,16,19)(H,17,18). The van der Waals surface area contributed by atoms with Crippen molar-refractivity contribution in [3.63, 3.8) is 0 Å². The molecule has 0 spiro atoms. The summed E-state index contributed by atoms with van der Waals surface area (Å²) in [5, 5.41) is 12.4. The first-order valence-corrected chi connectivity index (χ1v) is 6.45. The van der Waals surface area contributed by atoms with Crippen LogP contribution >= 0.6 is 0 Å². The topological polar surface area (TPSA) is 88.8 Å². The molecule has 1 unspecified atom stereocenters. The van der Waals surface area contributed by atoms with Gasteiger partial charge < -0.3 is 19.6 Å². The SMILES string of the molecule is COCC(C)(CC(=O)O)NC(=O)c1coc2ccccc12. The van der Waals surface area contributed by atoms with Gasteiger partial charge in [-0.2, -0.15) is 0 Å². The third-order valence-corrected chi connectivity index (χ3v) is 3.15. The molecule has 0 saturated carbocycles. The van der Waals surface area contributed by atoms with Crippen LogP contribution in [0.3, 0.4) is 0 Å². The fraction of sp³-hybridized carbons (Fsp3) is 0.333. The predicted octanol–water partition coefficient (Wildman–Crippen LogP) is 2.04. The quantitative estimate of drug-likeness (QED) is 0.850. The summed E-state index contributed by atoms with van der Waals surface area (Å²) in [6.07, 6.45) is 1.14. The summed E-state index contributed by atoms with van der Waals surface area (Å²) in [6.45, 7) is 1.73. The number of methoxy groups -OCH3 is 1. The molecule has 6 nitrogen and oxygen atoms in total. The number of ether oxygens (including phenoxy) is 1. The average Bonchev–Trinajstić information content (AvgIpc) is 2.81. The van der Waals surface area contributed by atoms with Crippen LogP contribution in [0, 0.1) is 0 Å². The Morgan fingerprint density at radius 3 is 2.76 bits per heavy atom. The molecule has 0 fully saturated rings. The van der Waals surface area contributed by atoms with Crippen LogP contribution in [0.2, 0.25) is 0 Å². The van der Waals surface area contributed by atoms with Crippen LogP contribution in [0.5, 0.6) is 0 Å². The molecule has 2 aromatic rings. The van der Waals surface area contributed by atoms with E-state index in [4.69, 9.17) is 14.3 Å². The third kappa shape index (κ3) is 3.41. The van der Waals surface area contributed by atoms with E-state index in [1.165, 1.54) is 13.4 Å². The largest absolute Gasteiger partial charge is 0.481 e. The molecular weight excluding hydrogens is 274 g/mol. The highest BCUT2D eigenvalue weighted by molar-refractivity contribution is 6.06. The number of hydrogen-bond acceptors (Lipinski definition) is 4. The van der Waals surface area contributed by atoms with Crippen molar-refractivity contribution in [1.82, 2.24) is 5.32 Å². The Labute approximate surface area is 121 Å². The van der Waals surface area contributed by atoms with Gasteiger partial charge in [-0.15, -0.1) is 0 Å². The van der Waals surface area contributed by atoms with E-state index in [2.05, 4.69) is 5.32 Å². The molecular formula is C15H17NO5. The lowest BCUT2D eigenvalue weighted by atomic mass is 9.98. The molecule has 112 valence electrons. The van der Waals surface area contributed by atoms with Gasteiger partial charge in [0.05, 0.1) is 24.1 Å². The Balaban J connectivity index is 2.24. The van der Waals surface area contributed by atoms with E-state index in [1.807, 2.05) is 6.07 Å². The van der Waals surface area contributed by atoms with E-state index in [9.17, 15) is 9.59 Å². The molecule has 21 heavy (non-hydrogen) atoms. The molecule has 0 saturated heterocycles. The number of benzene rings is 1. The zero-order valence-corrected chi connectivity index (χ0v) is 11.9. The number of amides is 1. The second kappa shape index (κ2) is 5.97. The number of carboxylic acid groups (broad SMARTS) is 1. The van der Waals surface area contributed by atoms with Crippen LogP contribution in [0.1, 0.15) is 23.7 Å². The van der Waals surface area contributed by atoms with Crippen LogP contribution in [-0.2, 0) is 9.53 Å². The van der Waals surface area contributed by atoms with Crippen LogP contribution in [0.25, 0.3) is 11.0 Å². The Morgan fingerprint density at radius 1 is 1.38 bits per heavy atom. The summed E-state index contributed by atoms with van der Waals surface area (Å²) in [5.41, 5.74) is -0.0107. The fourth-order valence-electron chi connectivity index (χ4n) is 2.28. The molecule has 1 aromatic carbocycles. The van der Waals surface area contributed by atoms with Crippen molar-refractivity contribution in [2.45, 2.75) is 18.9 Å². The van der Waals surface area contributed by atoms with Gasteiger partial charge in [0.1, 0.15) is 11.8 Å². The Hall–Kier alpha value is -2.34. The van der Waals surface area contributed by atoms with Crippen molar-refractivity contribution >= 4 is 22.8 Å². The van der Waals surface area contributed by atoms with E-state index >= 15 is 0 Å². The Kier molecular flexibility index (Phi) is 4.28. The predicted molar refractivity (Wildman–Crippen MR) is 76.2 cm³/mol. The molecule has 0 radical (unpaired) electrons. The molecule has 0 aliphatic carbocycles. The normalized spacial score (nSPS) is 13.8. The number of fused-ring (bicyclic) bond motifs is 1. The third-order valence-electron chi connectivity index (χ3n) is 3.15. The van der Waals surface area contributed by atoms with Gasteiger partial charge >= 0.3 is 5.97 Å². The van der Waals surface area contributed by atoms with Gasteiger partial charge in [0, 0.05) is 12.5 Å². The summed E-state index contributed by atoms with van der Waals surface area (Å²) in [6, 6.07) is 7.16. The lowest BCUT2D eigenvalue weighted by molar-refractivity contribution is -0.139. The highest BCUT2D eigenvalue weighted by atomic mass is 16.5. The second-order valence-corrected chi connectivity index (χ2v) is 5.16. The Morgan fingerprint density at radius 2 is 2.10 bits per heavy atom. The zero-order chi connectivity index (χ0) is 15.5. The summed E-state index contributed by atoms with van der Waals surface area (Å²) < 4.78 is 10.3. The number of para-hydroxylation sites is 1. The number of carboxylic acids is 1. The number of carbonyl (C=O) groups excluding carboxylic acids is 1. The molecule has 1 heterocycles. The first kappa shape index (κ1) is 15.1. The van der Waals surface area contributed by atoms with Gasteiger partial charge in [-0.05, 0) is 13.0 Å². The highest BCUT2D eigenvalue weighted by Crippen LogP contribution is 2.21. The summed E-state index contributed by atoms with van der Waals surface area (Å²) in [7, 11) is 1.46. The summed E-state index contributed by atoms with van der Waals surface area (Å²) in [4.78, 5) is 23.3. The van der Waals surface area contributed by atoms with Crippen molar-refractivity contribution in [1.29, 1.82) is 0 Å². The van der Waals surface area contributed by atoms with Crippen molar-refractivity contribution < 1.29 is 23.8 Å². The lowest BCUT2D eigenvalue weighted by Crippen LogP contribution is -2.50. The van der Waals surface area contributed by atoms with Gasteiger partial charge in [0.15, 0.2) is 0 Å². The van der Waals surface area contributed by atoms with Crippen LogP contribution in [0.4, 0.5) is 0 Å². The number of rotatable bonds is 6. The van der Waals surface area contributed by atoms with Gasteiger partial charge in [-0.3, -0.25) is 9.59 Å². The molecule has 0 aliphatic heterocycles. The average molecular weight is 291 g/mol. The number of hydrogen-bond donors (Lipinski definition) is 2. The number of aliphatic carboxylic acids is 1. The minimum Gasteiger partial charge on any atom is -0.481 e. The van der Waals surface area contributed by atoms with Crippen LogP contribution in [-0.4, -0.2) is 36.2 Å². The highest BCUT2D eigenvalue weighted by Gasteiger charge is 2.30. The maximum absolute atomic E-state index is 12.4. The minimum atomic E-state index is -1.01. The van der Waals surface area contributed by atoms with Crippen molar-refractivity contribution in [3.05, 3.63) is 36.1 Å². The van der Waals surface area contributed by atoms with Crippen molar-refractivity contribution in [2.75, 3.05) is 13.7 Å². The number of nitrogens with one attached hydrogen (secondary N) is 1. The lowest BCUT2D eigenvalue weighted by Gasteiger charge is -2.28. The molecule has 1 aromatic heterocycles. The van der Waals surface area contributed by atoms with E-state index in [0.717, 1.165) is 0 Å². The maximum Gasteiger partial charge on any atom is 0.305 e. The summed E-state index contributed by atoms with van der Waals surface area (Å²) in [5.74, 6) is -1.40. The van der Waals surface area contributed by atoms with Gasteiger partial charge in [-0.25, -0.2) is 0 Å². The molecule has 0 bridgehead atoms. The number of furan rings is 1. The maximum atomic E-state index is 12.4. The van der Waals surface area contributed by atoms with Crippen molar-refractivity contribution in [2.24, 2.45) is 0 Å². The molecule has 0 aliphatic rings. The smallest absolute Gasteiger partial charge is 0.305 e. The zero-order valence-electron chi connectivity index (χ0n) is 11.9. The van der Waals surface area contributed by atoms with Crippen LogP contribution in [0.15, 0.2) is 34.9 Å².